The predicted molar refractivity (Wildman–Crippen MR) is 85.3 cm³/mol. The molecule has 20 heavy (non-hydrogen) atoms. The molecule has 0 aliphatic heterocycles. The van der Waals surface area contributed by atoms with E-state index < -0.39 is 0 Å². The molecule has 114 valence electrons. The smallest absolute Gasteiger partial charge is 0.0957 e. The van der Waals surface area contributed by atoms with Crippen molar-refractivity contribution in [1.82, 2.24) is 9.88 Å². The minimum absolute atomic E-state index is 0.0695. The molecule has 2 rings (SSSR count). The van der Waals surface area contributed by atoms with E-state index in [-0.39, 0.29) is 11.6 Å². The summed E-state index contributed by atoms with van der Waals surface area (Å²) in [5.41, 5.74) is 1.04. The number of aliphatic hydroxyl groups excluding tert-OH is 1. The number of hydrogen-bond acceptors (Lipinski definition) is 4. The molecule has 1 saturated carbocycles. The van der Waals surface area contributed by atoms with E-state index in [2.05, 4.69) is 37.8 Å². The Morgan fingerprint density at radius 1 is 1.35 bits per heavy atom. The molecule has 0 amide bonds. The summed E-state index contributed by atoms with van der Waals surface area (Å²) in [6, 6.07) is 0. The van der Waals surface area contributed by atoms with Gasteiger partial charge in [0.1, 0.15) is 0 Å². The van der Waals surface area contributed by atoms with E-state index in [4.69, 9.17) is 0 Å². The summed E-state index contributed by atoms with van der Waals surface area (Å²) in [4.78, 5) is 8.10. The van der Waals surface area contributed by atoms with Gasteiger partial charge in [0, 0.05) is 16.8 Å². The zero-order valence-corrected chi connectivity index (χ0v) is 14.3. The Hall–Kier alpha value is -0.450. The second-order valence-electron chi connectivity index (χ2n) is 6.65. The average molecular weight is 296 g/mol. The van der Waals surface area contributed by atoms with Crippen molar-refractivity contribution in [3.05, 3.63) is 15.6 Å². The minimum atomic E-state index is -0.324. The van der Waals surface area contributed by atoms with E-state index in [1.807, 2.05) is 6.92 Å². The van der Waals surface area contributed by atoms with Gasteiger partial charge in [-0.1, -0.05) is 6.92 Å². The van der Waals surface area contributed by atoms with Crippen LogP contribution in [0.2, 0.25) is 0 Å². The summed E-state index contributed by atoms with van der Waals surface area (Å²) >= 11 is 1.73. The fourth-order valence-electron chi connectivity index (χ4n) is 3.32. The van der Waals surface area contributed by atoms with E-state index in [1.165, 1.54) is 17.7 Å². The Balaban J connectivity index is 2.13. The third-order valence-corrected chi connectivity index (χ3v) is 6.19. The highest BCUT2D eigenvalue weighted by molar-refractivity contribution is 7.11. The Morgan fingerprint density at radius 3 is 2.40 bits per heavy atom. The highest BCUT2D eigenvalue weighted by Crippen LogP contribution is 2.39. The van der Waals surface area contributed by atoms with Crippen molar-refractivity contribution < 1.29 is 5.11 Å². The molecule has 1 aliphatic carbocycles. The van der Waals surface area contributed by atoms with Crippen LogP contribution >= 0.6 is 11.3 Å². The van der Waals surface area contributed by atoms with Crippen LogP contribution in [0, 0.1) is 19.8 Å². The van der Waals surface area contributed by atoms with Gasteiger partial charge in [0.25, 0.3) is 0 Å². The molecule has 0 spiro atoms. The first-order valence-electron chi connectivity index (χ1n) is 7.63. The Morgan fingerprint density at radius 2 is 1.95 bits per heavy atom. The van der Waals surface area contributed by atoms with Gasteiger partial charge in [0.15, 0.2) is 0 Å². The first kappa shape index (κ1) is 15.9. The summed E-state index contributed by atoms with van der Waals surface area (Å²) in [6.45, 7) is 6.47. The van der Waals surface area contributed by atoms with Crippen molar-refractivity contribution in [2.24, 2.45) is 5.92 Å². The first-order valence-corrected chi connectivity index (χ1v) is 8.45. The zero-order chi connectivity index (χ0) is 14.9. The lowest BCUT2D eigenvalue weighted by atomic mass is 9.72. The molecule has 0 saturated heterocycles. The van der Waals surface area contributed by atoms with E-state index in [1.54, 1.807) is 11.3 Å². The molecule has 1 heterocycles. The number of hydrogen-bond donors (Lipinski definition) is 1. The normalized spacial score (nSPS) is 28.9. The topological polar surface area (TPSA) is 36.4 Å². The minimum Gasteiger partial charge on any atom is -0.391 e. The molecule has 1 fully saturated rings. The number of thiazole rings is 1. The molecule has 1 atom stereocenters. The maximum atomic E-state index is 10.9. The van der Waals surface area contributed by atoms with Crippen LogP contribution in [0.25, 0.3) is 0 Å². The predicted octanol–water partition coefficient (Wildman–Crippen LogP) is 3.17. The molecule has 1 aliphatic rings. The molecular formula is C16H28N2OS. The number of likely N-dealkylation sites (N-methyl/N-ethyl adjacent to an activating group) is 1. The fourth-order valence-corrected chi connectivity index (χ4v) is 4.29. The maximum Gasteiger partial charge on any atom is 0.0957 e. The van der Waals surface area contributed by atoms with Gasteiger partial charge in [0.2, 0.25) is 0 Å². The van der Waals surface area contributed by atoms with Gasteiger partial charge in [-0.05, 0) is 59.5 Å². The SMILES string of the molecule is Cc1nc(CC(O)C2(N(C)C)CCC(C)CC2)sc1C. The summed E-state index contributed by atoms with van der Waals surface area (Å²) in [7, 11) is 4.22. The van der Waals surface area contributed by atoms with Gasteiger partial charge in [-0.3, -0.25) is 0 Å². The molecule has 1 aromatic rings. The molecule has 0 bridgehead atoms. The molecule has 0 aromatic carbocycles. The quantitative estimate of drug-likeness (QED) is 0.927. The second kappa shape index (κ2) is 6.12. The van der Waals surface area contributed by atoms with Gasteiger partial charge < -0.3 is 10.0 Å². The van der Waals surface area contributed by atoms with Gasteiger partial charge in [0.05, 0.1) is 16.8 Å². The molecule has 0 radical (unpaired) electrons. The van der Waals surface area contributed by atoms with Crippen LogP contribution in [-0.2, 0) is 6.42 Å². The molecule has 1 N–H and O–H groups in total. The summed E-state index contributed by atoms with van der Waals surface area (Å²) < 4.78 is 0. The second-order valence-corrected chi connectivity index (χ2v) is 7.94. The lowest BCUT2D eigenvalue weighted by Gasteiger charge is -2.47. The molecule has 3 nitrogen and oxygen atoms in total. The Bertz CT molecular complexity index is 428. The highest BCUT2D eigenvalue weighted by atomic mass is 32.1. The van der Waals surface area contributed by atoms with Crippen molar-refractivity contribution in [3.63, 3.8) is 0 Å². The lowest BCUT2D eigenvalue weighted by Crippen LogP contribution is -2.56. The number of rotatable bonds is 4. The number of nitrogens with zero attached hydrogens (tertiary/aromatic N) is 2. The van der Waals surface area contributed by atoms with Crippen LogP contribution in [-0.4, -0.2) is 40.7 Å². The third-order valence-electron chi connectivity index (χ3n) is 5.09. The van der Waals surface area contributed by atoms with Crippen LogP contribution < -0.4 is 0 Å². The van der Waals surface area contributed by atoms with E-state index in [0.717, 1.165) is 29.5 Å². The Kier molecular flexibility index (Phi) is 4.88. The summed E-state index contributed by atoms with van der Waals surface area (Å²) in [5, 5.41) is 11.9. The van der Waals surface area contributed by atoms with E-state index >= 15 is 0 Å². The summed E-state index contributed by atoms with van der Waals surface area (Å²) in [5.74, 6) is 0.791. The van der Waals surface area contributed by atoms with Gasteiger partial charge in [-0.25, -0.2) is 4.98 Å². The molecular weight excluding hydrogens is 268 g/mol. The standard InChI is InChI=1S/C16H28N2OS/c1-11-6-8-16(9-7-11,18(4)5)14(19)10-15-17-12(2)13(3)20-15/h11,14,19H,6-10H2,1-5H3. The van der Waals surface area contributed by atoms with Gasteiger partial charge in [-0.15, -0.1) is 11.3 Å². The van der Waals surface area contributed by atoms with E-state index in [9.17, 15) is 5.11 Å². The Labute approximate surface area is 127 Å². The monoisotopic (exact) mass is 296 g/mol. The van der Waals surface area contributed by atoms with Crippen LogP contribution in [0.4, 0.5) is 0 Å². The van der Waals surface area contributed by atoms with Crippen molar-refractivity contribution in [3.8, 4) is 0 Å². The van der Waals surface area contributed by atoms with Crippen molar-refractivity contribution in [2.45, 2.75) is 64.5 Å². The highest BCUT2D eigenvalue weighted by Gasteiger charge is 2.42. The first-order chi connectivity index (χ1) is 9.35. The van der Waals surface area contributed by atoms with Crippen molar-refractivity contribution in [2.75, 3.05) is 14.1 Å². The molecule has 1 aromatic heterocycles. The zero-order valence-electron chi connectivity index (χ0n) is 13.4. The molecule has 1 unspecified atom stereocenters. The van der Waals surface area contributed by atoms with Crippen molar-refractivity contribution >= 4 is 11.3 Å². The average Bonchev–Trinajstić information content (AvgIpc) is 2.69. The van der Waals surface area contributed by atoms with Crippen molar-refractivity contribution in [1.29, 1.82) is 0 Å². The van der Waals surface area contributed by atoms with E-state index in [0.29, 0.717) is 6.42 Å². The van der Waals surface area contributed by atoms with Crippen LogP contribution in [0.5, 0.6) is 0 Å². The summed E-state index contributed by atoms with van der Waals surface area (Å²) in [6.07, 6.45) is 4.97. The third kappa shape index (κ3) is 3.07. The number of aryl methyl sites for hydroxylation is 2. The van der Waals surface area contributed by atoms with Gasteiger partial charge in [-0.2, -0.15) is 0 Å². The largest absolute Gasteiger partial charge is 0.391 e. The molecule has 4 heteroatoms. The van der Waals surface area contributed by atoms with Gasteiger partial charge >= 0.3 is 0 Å². The van der Waals surface area contributed by atoms with Crippen LogP contribution in [0.15, 0.2) is 0 Å². The lowest BCUT2D eigenvalue weighted by molar-refractivity contribution is -0.0382. The van der Waals surface area contributed by atoms with Crippen LogP contribution in [0.1, 0.15) is 48.2 Å². The number of aromatic nitrogens is 1. The fraction of sp³-hybridized carbons (Fsp3) is 0.812. The number of aliphatic hydroxyl groups is 1. The maximum absolute atomic E-state index is 10.9. The van der Waals surface area contributed by atoms with Crippen LogP contribution in [0.3, 0.4) is 0 Å².